The molecule has 3 aromatic heterocycles. The molecule has 10 nitrogen and oxygen atoms in total. The van der Waals surface area contributed by atoms with Crippen molar-refractivity contribution >= 4 is 28.3 Å². The SMILES string of the molecule is CC(=O)O.Cc1cn2cc(-c3cc4ccc(N5CCN(C)[C@H](C)C5)cc4oc3=O)nc2c(=O)[nH]1. The van der Waals surface area contributed by atoms with E-state index in [0.717, 1.165) is 37.6 Å². The van der Waals surface area contributed by atoms with Crippen LogP contribution in [0.2, 0.25) is 0 Å². The quantitative estimate of drug-likeness (QED) is 0.432. The van der Waals surface area contributed by atoms with E-state index in [4.69, 9.17) is 14.3 Å². The predicted molar refractivity (Wildman–Crippen MR) is 130 cm³/mol. The van der Waals surface area contributed by atoms with Gasteiger partial charge in [0.05, 0.1) is 11.3 Å². The van der Waals surface area contributed by atoms with Crippen LogP contribution in [-0.2, 0) is 4.79 Å². The van der Waals surface area contributed by atoms with Crippen molar-refractivity contribution in [2.45, 2.75) is 26.8 Å². The Hall–Kier alpha value is -3.92. The number of hydrogen-bond acceptors (Lipinski definition) is 7. The molecular weight excluding hydrogens is 438 g/mol. The van der Waals surface area contributed by atoms with Crippen molar-refractivity contribution in [3.05, 3.63) is 63.1 Å². The minimum Gasteiger partial charge on any atom is -0.481 e. The van der Waals surface area contributed by atoms with Gasteiger partial charge in [0.15, 0.2) is 0 Å². The van der Waals surface area contributed by atoms with E-state index in [1.165, 1.54) is 0 Å². The van der Waals surface area contributed by atoms with Crippen LogP contribution in [0.3, 0.4) is 0 Å². The summed E-state index contributed by atoms with van der Waals surface area (Å²) in [7, 11) is 2.14. The van der Waals surface area contributed by atoms with Crippen molar-refractivity contribution in [2.75, 3.05) is 31.6 Å². The zero-order valence-corrected chi connectivity index (χ0v) is 19.5. The minimum atomic E-state index is -0.833. The van der Waals surface area contributed by atoms with E-state index in [-0.39, 0.29) is 11.2 Å². The molecule has 0 saturated carbocycles. The molecule has 0 radical (unpaired) electrons. The first-order chi connectivity index (χ1) is 16.1. The number of benzene rings is 1. The molecule has 34 heavy (non-hydrogen) atoms. The number of carboxylic acids is 1. The van der Waals surface area contributed by atoms with Crippen molar-refractivity contribution in [1.82, 2.24) is 19.3 Å². The number of H-pyrrole nitrogens is 1. The number of fused-ring (bicyclic) bond motifs is 2. The number of aliphatic carboxylic acids is 1. The molecule has 0 unspecified atom stereocenters. The van der Waals surface area contributed by atoms with Crippen LogP contribution in [0.5, 0.6) is 0 Å². The molecule has 4 aromatic rings. The standard InChI is InChI=1S/C22H23N5O3.C2H4O2/c1-13-10-27-12-18(24-20(27)21(28)23-13)17-8-15-4-5-16(9-19(15)30-22(17)29)26-7-6-25(3)14(2)11-26;1-2(3)4/h4-5,8-10,12,14H,6-7,11H2,1-3H3,(H,23,28);1H3,(H,3,4)/t14-;/m1./s1. The van der Waals surface area contributed by atoms with E-state index in [0.29, 0.717) is 28.6 Å². The first kappa shape index (κ1) is 23.2. The Kier molecular flexibility index (Phi) is 6.25. The molecule has 1 atom stereocenters. The first-order valence-corrected chi connectivity index (χ1v) is 10.9. The molecule has 1 aliphatic heterocycles. The zero-order chi connectivity index (χ0) is 24.6. The fourth-order valence-electron chi connectivity index (χ4n) is 4.02. The Bertz CT molecular complexity index is 1480. The average Bonchev–Trinajstić information content (AvgIpc) is 3.18. The fraction of sp³-hybridized carbons (Fsp3) is 0.333. The monoisotopic (exact) mass is 465 g/mol. The number of aromatic nitrogens is 3. The predicted octanol–water partition coefficient (Wildman–Crippen LogP) is 2.34. The zero-order valence-electron chi connectivity index (χ0n) is 19.5. The molecule has 5 rings (SSSR count). The van der Waals surface area contributed by atoms with Crippen LogP contribution < -0.4 is 16.1 Å². The van der Waals surface area contributed by atoms with Gasteiger partial charge >= 0.3 is 5.63 Å². The Balaban J connectivity index is 0.000000636. The number of aromatic amines is 1. The smallest absolute Gasteiger partial charge is 0.345 e. The Morgan fingerprint density at radius 2 is 1.94 bits per heavy atom. The lowest BCUT2D eigenvalue weighted by atomic mass is 10.1. The molecule has 1 aliphatic rings. The van der Waals surface area contributed by atoms with Crippen LogP contribution in [0.4, 0.5) is 5.69 Å². The number of hydrogen-bond donors (Lipinski definition) is 2. The van der Waals surface area contributed by atoms with Crippen molar-refractivity contribution in [2.24, 2.45) is 0 Å². The van der Waals surface area contributed by atoms with Crippen molar-refractivity contribution in [1.29, 1.82) is 0 Å². The van der Waals surface area contributed by atoms with Gasteiger partial charge in [-0.3, -0.25) is 9.59 Å². The molecule has 0 bridgehead atoms. The van der Waals surface area contributed by atoms with E-state index in [2.05, 4.69) is 39.8 Å². The fourth-order valence-corrected chi connectivity index (χ4v) is 4.02. The highest BCUT2D eigenvalue weighted by Gasteiger charge is 2.21. The Morgan fingerprint density at radius 3 is 2.65 bits per heavy atom. The maximum Gasteiger partial charge on any atom is 0.345 e. The maximum atomic E-state index is 12.7. The summed E-state index contributed by atoms with van der Waals surface area (Å²) in [6.45, 7) is 7.95. The lowest BCUT2D eigenvalue weighted by Crippen LogP contribution is -2.50. The van der Waals surface area contributed by atoms with Gasteiger partial charge in [-0.1, -0.05) is 0 Å². The highest BCUT2D eigenvalue weighted by atomic mass is 16.4. The topological polar surface area (TPSA) is 124 Å². The summed E-state index contributed by atoms with van der Waals surface area (Å²) in [4.78, 5) is 45.6. The third-order valence-electron chi connectivity index (χ3n) is 5.90. The second-order valence-corrected chi connectivity index (χ2v) is 8.59. The van der Waals surface area contributed by atoms with Crippen molar-refractivity contribution in [3.63, 3.8) is 0 Å². The van der Waals surface area contributed by atoms with Gasteiger partial charge in [-0.15, -0.1) is 0 Å². The summed E-state index contributed by atoms with van der Waals surface area (Å²) in [6.07, 6.45) is 3.44. The second kappa shape index (κ2) is 9.14. The van der Waals surface area contributed by atoms with Crippen molar-refractivity contribution < 1.29 is 14.3 Å². The molecule has 178 valence electrons. The van der Waals surface area contributed by atoms with Gasteiger partial charge in [-0.05, 0) is 39.1 Å². The largest absolute Gasteiger partial charge is 0.481 e. The van der Waals surface area contributed by atoms with Gasteiger partial charge in [0.1, 0.15) is 5.58 Å². The van der Waals surface area contributed by atoms with Crippen molar-refractivity contribution in [3.8, 4) is 11.3 Å². The Morgan fingerprint density at radius 1 is 1.21 bits per heavy atom. The third-order valence-corrected chi connectivity index (χ3v) is 5.90. The summed E-state index contributed by atoms with van der Waals surface area (Å²) < 4.78 is 7.28. The Labute approximate surface area is 195 Å². The summed E-state index contributed by atoms with van der Waals surface area (Å²) in [5.74, 6) is -0.833. The number of nitrogens with one attached hydrogen (secondary N) is 1. The van der Waals surface area contributed by atoms with Gasteiger partial charge in [0, 0.05) is 67.8 Å². The second-order valence-electron chi connectivity index (χ2n) is 8.59. The molecule has 1 fully saturated rings. The number of rotatable bonds is 2. The number of imidazole rings is 1. The van der Waals surface area contributed by atoms with Crippen LogP contribution in [0.25, 0.3) is 27.9 Å². The molecule has 2 N–H and O–H groups in total. The number of carbonyl (C=O) groups is 1. The number of piperazine rings is 1. The van der Waals surface area contributed by atoms with Crippen LogP contribution >= 0.6 is 0 Å². The van der Waals surface area contributed by atoms with Gasteiger partial charge in [-0.2, -0.15) is 0 Å². The molecule has 0 spiro atoms. The van der Waals surface area contributed by atoms with E-state index < -0.39 is 11.6 Å². The average molecular weight is 466 g/mol. The first-order valence-electron chi connectivity index (χ1n) is 10.9. The van der Waals surface area contributed by atoms with Gasteiger partial charge in [-0.25, -0.2) is 9.78 Å². The highest BCUT2D eigenvalue weighted by molar-refractivity contribution is 5.84. The van der Waals surface area contributed by atoms with Gasteiger partial charge in [0.2, 0.25) is 5.65 Å². The highest BCUT2D eigenvalue weighted by Crippen LogP contribution is 2.26. The van der Waals surface area contributed by atoms with Gasteiger partial charge in [0.25, 0.3) is 11.5 Å². The molecule has 0 aliphatic carbocycles. The van der Waals surface area contributed by atoms with Crippen LogP contribution in [0.1, 0.15) is 19.5 Å². The lowest BCUT2D eigenvalue weighted by molar-refractivity contribution is -0.134. The van der Waals surface area contributed by atoms with Crippen LogP contribution in [0, 0.1) is 6.92 Å². The van der Waals surface area contributed by atoms with Crippen LogP contribution in [0.15, 0.2) is 50.7 Å². The summed E-state index contributed by atoms with van der Waals surface area (Å²) in [5.41, 5.74) is 2.55. The summed E-state index contributed by atoms with van der Waals surface area (Å²) >= 11 is 0. The van der Waals surface area contributed by atoms with E-state index in [9.17, 15) is 9.59 Å². The summed E-state index contributed by atoms with van der Waals surface area (Å²) in [5, 5.41) is 8.23. The van der Waals surface area contributed by atoms with E-state index in [1.54, 1.807) is 29.8 Å². The number of likely N-dealkylation sites (N-methyl/N-ethyl adjacent to an activating group) is 1. The normalized spacial score (nSPS) is 16.5. The molecular formula is C24H27N5O5. The molecule has 0 amide bonds. The lowest BCUT2D eigenvalue weighted by Gasteiger charge is -2.39. The van der Waals surface area contributed by atoms with Crippen LogP contribution in [-0.4, -0.2) is 63.1 Å². The third kappa shape index (κ3) is 4.72. The van der Waals surface area contributed by atoms with E-state index in [1.807, 2.05) is 12.1 Å². The molecule has 1 saturated heterocycles. The number of nitrogens with zero attached hydrogens (tertiary/aromatic N) is 4. The number of carboxylic acid groups (broad SMARTS) is 1. The molecule has 1 aromatic carbocycles. The summed E-state index contributed by atoms with van der Waals surface area (Å²) in [6, 6.07) is 8.19. The van der Waals surface area contributed by atoms with E-state index >= 15 is 0 Å². The minimum absolute atomic E-state index is 0.245. The molecule has 4 heterocycles. The van der Waals surface area contributed by atoms with Gasteiger partial charge < -0.3 is 28.7 Å². The number of anilines is 1. The molecule has 10 heteroatoms. The number of aryl methyl sites for hydroxylation is 1. The maximum absolute atomic E-state index is 12.7.